The first-order chi connectivity index (χ1) is 9.51. The van der Waals surface area contributed by atoms with E-state index in [4.69, 9.17) is 21.4 Å². The van der Waals surface area contributed by atoms with Gasteiger partial charge in [-0.1, -0.05) is 11.6 Å². The molecule has 0 amide bonds. The molecule has 0 fully saturated rings. The van der Waals surface area contributed by atoms with E-state index in [1.807, 2.05) is 0 Å². The Labute approximate surface area is 119 Å². The molecule has 0 saturated carbocycles. The molecule has 106 valence electrons. The molecule has 0 aliphatic heterocycles. The van der Waals surface area contributed by atoms with Crippen LogP contribution in [0, 0.1) is 11.6 Å². The lowest BCUT2D eigenvalue weighted by atomic mass is 10.2. The minimum atomic E-state index is -0.991. The lowest BCUT2D eigenvalue weighted by molar-refractivity contribution is 0.395. The summed E-state index contributed by atoms with van der Waals surface area (Å²) in [5.74, 6) is -2.41. The zero-order chi connectivity index (χ0) is 14.7. The summed E-state index contributed by atoms with van der Waals surface area (Å²) in [6.07, 6.45) is 0. The minimum absolute atomic E-state index is 0.191. The average molecular weight is 300 g/mol. The summed E-state index contributed by atoms with van der Waals surface area (Å²) in [4.78, 5) is 0. The number of benzene rings is 2. The number of halogens is 3. The fourth-order valence-corrected chi connectivity index (χ4v) is 1.96. The van der Waals surface area contributed by atoms with E-state index in [0.717, 1.165) is 12.1 Å². The molecular formula is C14H12ClF2NO2. The van der Waals surface area contributed by atoms with Crippen LogP contribution in [0.5, 0.6) is 11.5 Å². The standard InChI is InChI=1S/C14H12ClF2NO2/c1-20-13-3-2-9(6-10(13)15)18-7-8-4-11(16)14(19)12(17)5-8/h2-6,18-19H,7H2,1H3. The molecule has 3 nitrogen and oxygen atoms in total. The van der Waals surface area contributed by atoms with Gasteiger partial charge in [0.2, 0.25) is 0 Å². The Balaban J connectivity index is 2.11. The molecular weight excluding hydrogens is 288 g/mol. The first-order valence-corrected chi connectivity index (χ1v) is 6.13. The Morgan fingerprint density at radius 3 is 2.40 bits per heavy atom. The maximum Gasteiger partial charge on any atom is 0.187 e. The van der Waals surface area contributed by atoms with Crippen molar-refractivity contribution in [3.63, 3.8) is 0 Å². The second-order valence-electron chi connectivity index (χ2n) is 4.11. The molecule has 20 heavy (non-hydrogen) atoms. The molecule has 0 bridgehead atoms. The summed E-state index contributed by atoms with van der Waals surface area (Å²) >= 11 is 5.96. The Kier molecular flexibility index (Phi) is 4.29. The molecule has 0 atom stereocenters. The van der Waals surface area contributed by atoms with Crippen LogP contribution in [0.3, 0.4) is 0 Å². The summed E-state index contributed by atoms with van der Waals surface area (Å²) in [5, 5.41) is 12.4. The summed E-state index contributed by atoms with van der Waals surface area (Å²) in [6.45, 7) is 0.191. The SMILES string of the molecule is COc1ccc(NCc2cc(F)c(O)c(F)c2)cc1Cl. The van der Waals surface area contributed by atoms with E-state index in [1.54, 1.807) is 18.2 Å². The summed E-state index contributed by atoms with van der Waals surface area (Å²) in [6, 6.07) is 7.20. The third-order valence-electron chi connectivity index (χ3n) is 2.73. The van der Waals surface area contributed by atoms with Crippen molar-refractivity contribution in [1.82, 2.24) is 0 Å². The number of anilines is 1. The molecule has 2 aromatic carbocycles. The van der Waals surface area contributed by atoms with Crippen LogP contribution in [0.15, 0.2) is 30.3 Å². The zero-order valence-electron chi connectivity index (χ0n) is 10.6. The summed E-state index contributed by atoms with van der Waals surface area (Å²) in [7, 11) is 1.51. The molecule has 0 heterocycles. The third kappa shape index (κ3) is 3.11. The molecule has 2 aromatic rings. The van der Waals surface area contributed by atoms with Crippen molar-refractivity contribution in [2.24, 2.45) is 0 Å². The monoisotopic (exact) mass is 299 g/mol. The Bertz CT molecular complexity index is 612. The van der Waals surface area contributed by atoms with Crippen molar-refractivity contribution >= 4 is 17.3 Å². The lowest BCUT2D eigenvalue weighted by Crippen LogP contribution is -2.01. The quantitative estimate of drug-likeness (QED) is 0.898. The van der Waals surface area contributed by atoms with Crippen molar-refractivity contribution in [2.75, 3.05) is 12.4 Å². The highest BCUT2D eigenvalue weighted by molar-refractivity contribution is 6.32. The van der Waals surface area contributed by atoms with E-state index in [2.05, 4.69) is 5.32 Å². The molecule has 2 rings (SSSR count). The highest BCUT2D eigenvalue weighted by Gasteiger charge is 2.09. The van der Waals surface area contributed by atoms with Crippen LogP contribution < -0.4 is 10.1 Å². The number of hydrogen-bond acceptors (Lipinski definition) is 3. The van der Waals surface area contributed by atoms with Gasteiger partial charge in [-0.25, -0.2) is 8.78 Å². The van der Waals surface area contributed by atoms with Gasteiger partial charge < -0.3 is 15.2 Å². The Hall–Kier alpha value is -2.01. The number of nitrogens with one attached hydrogen (secondary N) is 1. The largest absolute Gasteiger partial charge is 0.503 e. The van der Waals surface area contributed by atoms with Gasteiger partial charge in [-0.3, -0.25) is 0 Å². The second-order valence-corrected chi connectivity index (χ2v) is 4.52. The highest BCUT2D eigenvalue weighted by Crippen LogP contribution is 2.28. The van der Waals surface area contributed by atoms with Crippen molar-refractivity contribution in [1.29, 1.82) is 0 Å². The van der Waals surface area contributed by atoms with Gasteiger partial charge in [0.05, 0.1) is 12.1 Å². The van der Waals surface area contributed by atoms with Gasteiger partial charge in [0.15, 0.2) is 17.4 Å². The Morgan fingerprint density at radius 2 is 1.85 bits per heavy atom. The van der Waals surface area contributed by atoms with Gasteiger partial charge in [0.25, 0.3) is 0 Å². The molecule has 2 N–H and O–H groups in total. The summed E-state index contributed by atoms with van der Waals surface area (Å²) < 4.78 is 31.4. The van der Waals surface area contributed by atoms with Crippen LogP contribution >= 0.6 is 11.6 Å². The average Bonchev–Trinajstić information content (AvgIpc) is 2.42. The molecule has 0 aromatic heterocycles. The first kappa shape index (κ1) is 14.4. The predicted octanol–water partition coefficient (Wildman–Crippen LogP) is 3.94. The van der Waals surface area contributed by atoms with E-state index >= 15 is 0 Å². The molecule has 0 spiro atoms. The predicted molar refractivity (Wildman–Crippen MR) is 73.4 cm³/mol. The van der Waals surface area contributed by atoms with E-state index < -0.39 is 17.4 Å². The Morgan fingerprint density at radius 1 is 1.20 bits per heavy atom. The fourth-order valence-electron chi connectivity index (χ4n) is 1.70. The van der Waals surface area contributed by atoms with Crippen LogP contribution in [-0.4, -0.2) is 12.2 Å². The van der Waals surface area contributed by atoms with Gasteiger partial charge in [0, 0.05) is 12.2 Å². The van der Waals surface area contributed by atoms with E-state index in [9.17, 15) is 8.78 Å². The van der Waals surface area contributed by atoms with Crippen LogP contribution in [0.1, 0.15) is 5.56 Å². The van der Waals surface area contributed by atoms with Gasteiger partial charge >= 0.3 is 0 Å². The second kappa shape index (κ2) is 5.96. The molecule has 6 heteroatoms. The van der Waals surface area contributed by atoms with Crippen LogP contribution in [0.2, 0.25) is 5.02 Å². The molecule has 0 aliphatic rings. The van der Waals surface area contributed by atoms with E-state index in [1.165, 1.54) is 7.11 Å². The number of ether oxygens (including phenoxy) is 1. The first-order valence-electron chi connectivity index (χ1n) is 5.75. The van der Waals surface area contributed by atoms with Crippen molar-refractivity contribution in [2.45, 2.75) is 6.54 Å². The lowest BCUT2D eigenvalue weighted by Gasteiger charge is -2.10. The molecule has 0 unspecified atom stereocenters. The van der Waals surface area contributed by atoms with Crippen LogP contribution in [-0.2, 0) is 6.54 Å². The third-order valence-corrected chi connectivity index (χ3v) is 3.02. The maximum absolute atomic E-state index is 13.2. The number of aromatic hydroxyl groups is 1. The fraction of sp³-hybridized carbons (Fsp3) is 0.143. The number of phenolic OH excluding ortho intramolecular Hbond substituents is 1. The normalized spacial score (nSPS) is 10.4. The van der Waals surface area contributed by atoms with Gasteiger partial charge in [-0.15, -0.1) is 0 Å². The highest BCUT2D eigenvalue weighted by atomic mass is 35.5. The topological polar surface area (TPSA) is 41.5 Å². The van der Waals surface area contributed by atoms with Crippen molar-refractivity contribution < 1.29 is 18.6 Å². The van der Waals surface area contributed by atoms with Crippen LogP contribution in [0.25, 0.3) is 0 Å². The maximum atomic E-state index is 13.2. The zero-order valence-corrected chi connectivity index (χ0v) is 11.3. The minimum Gasteiger partial charge on any atom is -0.503 e. The van der Waals surface area contributed by atoms with Crippen molar-refractivity contribution in [3.8, 4) is 11.5 Å². The number of methoxy groups -OCH3 is 1. The van der Waals surface area contributed by atoms with Gasteiger partial charge in [-0.05, 0) is 35.9 Å². The number of rotatable bonds is 4. The van der Waals surface area contributed by atoms with Crippen LogP contribution in [0.4, 0.5) is 14.5 Å². The smallest absolute Gasteiger partial charge is 0.187 e. The molecule has 0 aliphatic carbocycles. The van der Waals surface area contributed by atoms with Gasteiger partial charge in [-0.2, -0.15) is 0 Å². The number of hydrogen-bond donors (Lipinski definition) is 2. The van der Waals surface area contributed by atoms with E-state index in [-0.39, 0.29) is 6.54 Å². The van der Waals surface area contributed by atoms with Gasteiger partial charge in [0.1, 0.15) is 5.75 Å². The molecule has 0 saturated heterocycles. The number of phenols is 1. The summed E-state index contributed by atoms with van der Waals surface area (Å²) in [5.41, 5.74) is 1.05. The molecule has 0 radical (unpaired) electrons. The van der Waals surface area contributed by atoms with E-state index in [0.29, 0.717) is 22.0 Å². The van der Waals surface area contributed by atoms with Crippen molar-refractivity contribution in [3.05, 3.63) is 52.6 Å².